The average molecular weight is 626 g/mol. The maximum atomic E-state index is 6.66. The van der Waals surface area contributed by atoms with E-state index in [1.807, 2.05) is 6.07 Å². The van der Waals surface area contributed by atoms with Crippen LogP contribution >= 0.6 is 0 Å². The molecule has 2 aromatic heterocycles. The Morgan fingerprint density at radius 3 is 1.78 bits per heavy atom. The molecule has 49 heavy (non-hydrogen) atoms. The molecular weight excluding hydrogens is 599 g/mol. The van der Waals surface area contributed by atoms with Crippen molar-refractivity contribution in [3.05, 3.63) is 164 Å². The van der Waals surface area contributed by atoms with Gasteiger partial charge in [0.1, 0.15) is 11.2 Å². The quantitative estimate of drug-likeness (QED) is 0.195. The van der Waals surface area contributed by atoms with Crippen molar-refractivity contribution in [3.8, 4) is 45.3 Å². The van der Waals surface area contributed by atoms with Crippen molar-refractivity contribution in [3.63, 3.8) is 0 Å². The van der Waals surface area contributed by atoms with Crippen LogP contribution in [0.4, 0.5) is 0 Å². The van der Waals surface area contributed by atoms with E-state index in [4.69, 9.17) is 19.4 Å². The molecule has 4 heteroatoms. The van der Waals surface area contributed by atoms with E-state index in [9.17, 15) is 0 Å². The minimum atomic E-state index is 0.607. The van der Waals surface area contributed by atoms with E-state index >= 15 is 0 Å². The zero-order chi connectivity index (χ0) is 32.3. The lowest BCUT2D eigenvalue weighted by Crippen LogP contribution is -2.01. The maximum Gasteiger partial charge on any atom is 0.164 e. The van der Waals surface area contributed by atoms with Crippen LogP contribution in [-0.4, -0.2) is 15.0 Å². The van der Waals surface area contributed by atoms with E-state index in [0.29, 0.717) is 17.5 Å². The van der Waals surface area contributed by atoms with Crippen LogP contribution in [0.15, 0.2) is 168 Å². The molecule has 228 valence electrons. The Kier molecular flexibility index (Phi) is 6.15. The van der Waals surface area contributed by atoms with Crippen LogP contribution in [0, 0.1) is 0 Å². The van der Waals surface area contributed by atoms with Gasteiger partial charge in [-0.2, -0.15) is 0 Å². The lowest BCUT2D eigenvalue weighted by molar-refractivity contribution is 0.670. The fourth-order valence-corrected chi connectivity index (χ4v) is 7.03. The van der Waals surface area contributed by atoms with Gasteiger partial charge in [0.05, 0.1) is 0 Å². The van der Waals surface area contributed by atoms with Crippen molar-refractivity contribution in [2.24, 2.45) is 0 Å². The van der Waals surface area contributed by atoms with Crippen LogP contribution in [-0.2, 0) is 0 Å². The number of furan rings is 1. The molecule has 0 amide bonds. The van der Waals surface area contributed by atoms with Gasteiger partial charge < -0.3 is 4.42 Å². The van der Waals surface area contributed by atoms with E-state index in [0.717, 1.165) is 71.3 Å². The molecule has 0 spiro atoms. The Balaban J connectivity index is 1.27. The molecule has 2 heterocycles. The lowest BCUT2D eigenvalue weighted by Gasteiger charge is -2.12. The van der Waals surface area contributed by atoms with Gasteiger partial charge in [-0.3, -0.25) is 0 Å². The molecular formula is C45H27N3O. The van der Waals surface area contributed by atoms with Gasteiger partial charge in [0.2, 0.25) is 0 Å². The van der Waals surface area contributed by atoms with E-state index < -0.39 is 0 Å². The second-order valence-corrected chi connectivity index (χ2v) is 12.5. The summed E-state index contributed by atoms with van der Waals surface area (Å²) in [6, 6.07) is 56.9. The largest absolute Gasteiger partial charge is 0.455 e. The summed E-state index contributed by atoms with van der Waals surface area (Å²) < 4.78 is 6.66. The molecule has 4 nitrogen and oxygen atoms in total. The molecule has 0 N–H and O–H groups in total. The van der Waals surface area contributed by atoms with Crippen LogP contribution < -0.4 is 0 Å². The highest BCUT2D eigenvalue weighted by atomic mass is 16.3. The second kappa shape index (κ2) is 11.0. The Morgan fingerprint density at radius 1 is 0.327 bits per heavy atom. The smallest absolute Gasteiger partial charge is 0.164 e. The molecule has 10 rings (SSSR count). The van der Waals surface area contributed by atoms with Crippen molar-refractivity contribution in [2.45, 2.75) is 0 Å². The second-order valence-electron chi connectivity index (χ2n) is 12.5. The van der Waals surface area contributed by atoms with Crippen molar-refractivity contribution in [2.75, 3.05) is 0 Å². The van der Waals surface area contributed by atoms with Crippen molar-refractivity contribution < 1.29 is 4.42 Å². The predicted molar refractivity (Wildman–Crippen MR) is 201 cm³/mol. The SMILES string of the molecule is c1ccc(-c2cc(-c3nc(-c4ccc5ccccc5c4)nc(-c4cccc5ccccc45)n3)cc3c2oc2cc4ccccc4cc23)cc1. The van der Waals surface area contributed by atoms with Gasteiger partial charge in [0.25, 0.3) is 0 Å². The minimum Gasteiger partial charge on any atom is -0.455 e. The van der Waals surface area contributed by atoms with Crippen LogP contribution in [0.3, 0.4) is 0 Å². The van der Waals surface area contributed by atoms with Crippen molar-refractivity contribution in [1.29, 1.82) is 0 Å². The van der Waals surface area contributed by atoms with Gasteiger partial charge in [-0.15, -0.1) is 0 Å². The lowest BCUT2D eigenvalue weighted by atomic mass is 9.98. The highest BCUT2D eigenvalue weighted by Gasteiger charge is 2.19. The van der Waals surface area contributed by atoms with Crippen molar-refractivity contribution >= 4 is 54.3 Å². The standard InChI is InChI=1S/C45H27N3O/c1-2-12-30(13-3-1)38-25-35(26-40-39-24-32-16-6-7-17-33(32)27-41(39)49-42(38)40)44-46-43(34-22-21-28-11-4-5-15-31(28)23-34)47-45(48-44)37-20-10-18-29-14-8-9-19-36(29)37/h1-27H. The number of aromatic nitrogens is 3. The monoisotopic (exact) mass is 625 g/mol. The van der Waals surface area contributed by atoms with E-state index in [1.54, 1.807) is 0 Å². The number of hydrogen-bond acceptors (Lipinski definition) is 4. The summed E-state index contributed by atoms with van der Waals surface area (Å²) in [7, 11) is 0. The third-order valence-electron chi connectivity index (χ3n) is 9.46. The summed E-state index contributed by atoms with van der Waals surface area (Å²) in [6.07, 6.45) is 0. The molecule has 0 radical (unpaired) electrons. The molecule has 0 aliphatic rings. The van der Waals surface area contributed by atoms with Gasteiger partial charge in [-0.1, -0.05) is 133 Å². The number of rotatable bonds is 4. The van der Waals surface area contributed by atoms with E-state index in [1.165, 1.54) is 10.8 Å². The summed E-state index contributed by atoms with van der Waals surface area (Å²) in [6.45, 7) is 0. The zero-order valence-corrected chi connectivity index (χ0v) is 26.3. The summed E-state index contributed by atoms with van der Waals surface area (Å²) >= 11 is 0. The summed E-state index contributed by atoms with van der Waals surface area (Å²) in [5, 5.41) is 8.95. The zero-order valence-electron chi connectivity index (χ0n) is 26.3. The third-order valence-corrected chi connectivity index (χ3v) is 9.46. The predicted octanol–water partition coefficient (Wildman–Crippen LogP) is 11.9. The first kappa shape index (κ1) is 27.5. The molecule has 10 aromatic rings. The van der Waals surface area contributed by atoms with Gasteiger partial charge in [-0.25, -0.2) is 15.0 Å². The highest BCUT2D eigenvalue weighted by molar-refractivity contribution is 6.14. The van der Waals surface area contributed by atoms with E-state index in [2.05, 4.69) is 158 Å². The maximum absolute atomic E-state index is 6.66. The normalized spacial score (nSPS) is 11.7. The fourth-order valence-electron chi connectivity index (χ4n) is 7.03. The Labute approximate surface area is 282 Å². The minimum absolute atomic E-state index is 0.607. The first-order chi connectivity index (χ1) is 24.2. The molecule has 0 fully saturated rings. The van der Waals surface area contributed by atoms with Gasteiger partial charge in [-0.05, 0) is 68.2 Å². The Morgan fingerprint density at radius 2 is 0.959 bits per heavy atom. The summed E-state index contributed by atoms with van der Waals surface area (Å²) in [4.78, 5) is 15.5. The number of nitrogens with zero attached hydrogens (tertiary/aromatic N) is 3. The van der Waals surface area contributed by atoms with Gasteiger partial charge in [0, 0.05) is 33.0 Å². The van der Waals surface area contributed by atoms with Crippen LogP contribution in [0.25, 0.3) is 99.5 Å². The number of benzene rings is 8. The van der Waals surface area contributed by atoms with E-state index in [-0.39, 0.29) is 0 Å². The number of hydrogen-bond donors (Lipinski definition) is 0. The molecule has 0 bridgehead atoms. The van der Waals surface area contributed by atoms with Crippen LogP contribution in [0.1, 0.15) is 0 Å². The molecule has 0 saturated heterocycles. The molecule has 0 saturated carbocycles. The van der Waals surface area contributed by atoms with Gasteiger partial charge >= 0.3 is 0 Å². The Bertz CT molecular complexity index is 2890. The molecule has 8 aromatic carbocycles. The van der Waals surface area contributed by atoms with Crippen LogP contribution in [0.2, 0.25) is 0 Å². The van der Waals surface area contributed by atoms with Gasteiger partial charge in [0.15, 0.2) is 17.5 Å². The number of fused-ring (bicyclic) bond motifs is 6. The molecule has 0 atom stereocenters. The molecule has 0 unspecified atom stereocenters. The van der Waals surface area contributed by atoms with Crippen molar-refractivity contribution in [1.82, 2.24) is 15.0 Å². The Hall–Kier alpha value is -6.65. The topological polar surface area (TPSA) is 51.8 Å². The summed E-state index contributed by atoms with van der Waals surface area (Å²) in [5.41, 5.74) is 6.56. The fraction of sp³-hybridized carbons (Fsp3) is 0. The van der Waals surface area contributed by atoms with Crippen LogP contribution in [0.5, 0.6) is 0 Å². The molecule has 0 aliphatic heterocycles. The first-order valence-corrected chi connectivity index (χ1v) is 16.4. The third kappa shape index (κ3) is 4.65. The highest BCUT2D eigenvalue weighted by Crippen LogP contribution is 2.41. The summed E-state index contributed by atoms with van der Waals surface area (Å²) in [5.74, 6) is 1.87. The average Bonchev–Trinajstić information content (AvgIpc) is 3.53. The first-order valence-electron chi connectivity index (χ1n) is 16.4. The molecule has 0 aliphatic carbocycles.